The van der Waals surface area contributed by atoms with Gasteiger partial charge in [0.15, 0.2) is 5.65 Å². The number of nitrogens with two attached hydrogens (primary N) is 3. The molecule has 1 saturated heterocycles. The Bertz CT molecular complexity index is 2610. The van der Waals surface area contributed by atoms with E-state index in [1.54, 1.807) is 34.4 Å². The Balaban J connectivity index is 1.26. The van der Waals surface area contributed by atoms with Gasteiger partial charge in [0, 0.05) is 57.6 Å². The molecule has 4 amide bonds. The van der Waals surface area contributed by atoms with E-state index >= 15 is 0 Å². The number of imidazole rings is 2. The van der Waals surface area contributed by atoms with Crippen molar-refractivity contribution in [3.05, 3.63) is 82.1 Å². The summed E-state index contributed by atoms with van der Waals surface area (Å²) in [5.74, 6) is -1.83. The van der Waals surface area contributed by atoms with Crippen molar-refractivity contribution in [2.75, 3.05) is 36.2 Å². The fourth-order valence-corrected chi connectivity index (χ4v) is 7.04. The van der Waals surface area contributed by atoms with Crippen LogP contribution in [0.5, 0.6) is 0 Å². The Labute approximate surface area is 332 Å². The summed E-state index contributed by atoms with van der Waals surface area (Å²) in [5, 5.41) is 14.6. The lowest BCUT2D eigenvalue weighted by Gasteiger charge is -2.27. The van der Waals surface area contributed by atoms with Gasteiger partial charge in [-0.05, 0) is 63.9 Å². The van der Waals surface area contributed by atoms with Gasteiger partial charge < -0.3 is 26.5 Å². The summed E-state index contributed by atoms with van der Waals surface area (Å²) in [6, 6.07) is 6.57. The third-order valence-electron chi connectivity index (χ3n) is 9.82. The maximum Gasteiger partial charge on any atom is 0.278 e. The van der Waals surface area contributed by atoms with Crippen LogP contribution in [0, 0.1) is 13.8 Å². The van der Waals surface area contributed by atoms with Crippen LogP contribution in [0.15, 0.2) is 42.6 Å². The average molecular weight is 792 g/mol. The number of hydrogen-bond acceptors (Lipinski definition) is 12. The number of benzene rings is 1. The maximum absolute atomic E-state index is 13.7. The summed E-state index contributed by atoms with van der Waals surface area (Å²) in [6.07, 6.45) is 5.92. The number of carbonyl (C=O) groups excluding carboxylic acids is 4. The molecule has 0 bridgehead atoms. The molecule has 0 spiro atoms. The number of aryl methyl sites for hydroxylation is 4. The monoisotopic (exact) mass is 791 g/mol. The minimum Gasteiger partial charge on any atom is -0.395 e. The van der Waals surface area contributed by atoms with Gasteiger partial charge in [0.25, 0.3) is 11.8 Å². The summed E-state index contributed by atoms with van der Waals surface area (Å²) >= 11 is 0. The number of hydrogen-bond donors (Lipinski definition) is 5. The highest BCUT2D eigenvalue weighted by molar-refractivity contribution is 6.07. The van der Waals surface area contributed by atoms with Crippen molar-refractivity contribution in [1.29, 1.82) is 0 Å². The summed E-state index contributed by atoms with van der Waals surface area (Å²) in [7, 11) is 0. The molecule has 302 valence electrons. The molecule has 20 heteroatoms. The van der Waals surface area contributed by atoms with Gasteiger partial charge in [-0.1, -0.05) is 12.2 Å². The highest BCUT2D eigenvalue weighted by Crippen LogP contribution is 2.28. The van der Waals surface area contributed by atoms with E-state index in [2.05, 4.69) is 35.7 Å². The highest BCUT2D eigenvalue weighted by atomic mass is 16.5. The lowest BCUT2D eigenvalue weighted by molar-refractivity contribution is -0.0175. The van der Waals surface area contributed by atoms with E-state index in [9.17, 15) is 19.2 Å². The van der Waals surface area contributed by atoms with Crippen molar-refractivity contribution in [3.63, 3.8) is 0 Å². The molecule has 1 aliphatic heterocycles. The number of allylic oxidation sites excluding steroid dienone is 2. The molecule has 6 aromatic rings. The predicted octanol–water partition coefficient (Wildman–Crippen LogP) is 2.55. The van der Waals surface area contributed by atoms with Crippen molar-refractivity contribution < 1.29 is 23.9 Å². The van der Waals surface area contributed by atoms with E-state index in [0.717, 1.165) is 18.5 Å². The third kappa shape index (κ3) is 7.74. The number of fused-ring (bicyclic) bond motifs is 2. The van der Waals surface area contributed by atoms with Crippen LogP contribution in [0.2, 0.25) is 0 Å². The van der Waals surface area contributed by atoms with Crippen molar-refractivity contribution in [3.8, 4) is 0 Å². The Morgan fingerprint density at radius 2 is 1.52 bits per heavy atom. The minimum atomic E-state index is -0.676. The van der Waals surface area contributed by atoms with Crippen LogP contribution < -0.4 is 27.8 Å². The Kier molecular flexibility index (Phi) is 11.0. The predicted molar refractivity (Wildman–Crippen MR) is 215 cm³/mol. The molecule has 0 atom stereocenters. The number of primary amides is 2. The number of anilines is 3. The normalized spacial score (nSPS) is 13.5. The molecule has 0 radical (unpaired) electrons. The number of carbonyl (C=O) groups is 4. The third-order valence-corrected chi connectivity index (χ3v) is 9.82. The first kappa shape index (κ1) is 39.3. The lowest BCUT2D eigenvalue weighted by atomic mass is 10.1. The molecule has 5 aromatic heterocycles. The second kappa shape index (κ2) is 16.3. The zero-order chi connectivity index (χ0) is 41.2. The summed E-state index contributed by atoms with van der Waals surface area (Å²) < 4.78 is 12.4. The van der Waals surface area contributed by atoms with Crippen molar-refractivity contribution in [2.45, 2.75) is 66.8 Å². The fraction of sp³-hybridized carbons (Fsp3) is 0.342. The van der Waals surface area contributed by atoms with Crippen molar-refractivity contribution >= 4 is 63.4 Å². The van der Waals surface area contributed by atoms with Crippen LogP contribution in [-0.4, -0.2) is 92.1 Å². The van der Waals surface area contributed by atoms with E-state index in [1.807, 2.05) is 37.5 Å². The molecule has 0 saturated carbocycles. The zero-order valence-electron chi connectivity index (χ0n) is 32.7. The van der Waals surface area contributed by atoms with Gasteiger partial charge in [0.2, 0.25) is 23.7 Å². The van der Waals surface area contributed by atoms with Crippen molar-refractivity contribution in [2.24, 2.45) is 11.5 Å². The molecule has 6 heterocycles. The number of amides is 4. The largest absolute Gasteiger partial charge is 0.395 e. The molecule has 0 unspecified atom stereocenters. The Morgan fingerprint density at radius 1 is 0.845 bits per heavy atom. The molecule has 1 aliphatic rings. The number of nitrogen functional groups attached to an aromatic ring is 1. The number of nitrogens with zero attached hydrogens (tertiary/aromatic N) is 10. The van der Waals surface area contributed by atoms with Gasteiger partial charge in [-0.25, -0.2) is 15.0 Å². The first-order chi connectivity index (χ1) is 27.9. The zero-order valence-corrected chi connectivity index (χ0v) is 32.7. The van der Waals surface area contributed by atoms with Crippen LogP contribution in [0.3, 0.4) is 0 Å². The van der Waals surface area contributed by atoms with E-state index in [-0.39, 0.29) is 47.5 Å². The summed E-state index contributed by atoms with van der Waals surface area (Å²) in [5.41, 5.74) is 22.6. The molecule has 7 rings (SSSR count). The molecule has 0 aliphatic carbocycles. The molecular formula is C38H45N15O5. The number of rotatable bonds is 14. The number of aromatic nitrogens is 9. The van der Waals surface area contributed by atoms with Crippen molar-refractivity contribution in [1.82, 2.24) is 48.5 Å². The molecule has 8 N–H and O–H groups in total. The number of ether oxygens (including phenoxy) is 1. The molecule has 1 aromatic carbocycles. The smallest absolute Gasteiger partial charge is 0.278 e. The average Bonchev–Trinajstić information content (AvgIpc) is 3.94. The summed E-state index contributed by atoms with van der Waals surface area (Å²) in [6.45, 7) is 10.9. The van der Waals surface area contributed by atoms with E-state index in [1.165, 1.54) is 16.9 Å². The standard InChI is InChI=1S/C38H45N15O5/c1-5-52-28(14-21(3)47-52)35(56)45-37-43-26-16-23(32(40)54)15-25(19-49-10-9-13-58-20-49)30(26)50(37)11-7-8-12-51-34-27(17-24(18-42-34)33(41)55)44-38(51)46-36(57)31-29(39)22(4)48-53(31)6-2/h7-8,14-18H,5-6,9-13,19-20,39H2,1-4H3,(H2,40,54)(H2,41,55)(H,43,45,56)(H,44,46,57)/b8-7+. The Hall–Kier alpha value is -6.93. The highest BCUT2D eigenvalue weighted by Gasteiger charge is 2.24. The van der Waals surface area contributed by atoms with Crippen LogP contribution >= 0.6 is 0 Å². The quantitative estimate of drug-likeness (QED) is 0.0997. The van der Waals surface area contributed by atoms with Gasteiger partial charge in [0.1, 0.15) is 16.9 Å². The van der Waals surface area contributed by atoms with Gasteiger partial charge in [-0.15, -0.1) is 0 Å². The topological polar surface area (TPSA) is 267 Å². The van der Waals surface area contributed by atoms with E-state index in [4.69, 9.17) is 26.9 Å². The second-order valence-electron chi connectivity index (χ2n) is 13.9. The molecule has 58 heavy (non-hydrogen) atoms. The Morgan fingerprint density at radius 3 is 2.21 bits per heavy atom. The number of nitrogens with one attached hydrogen (secondary N) is 2. The number of pyridine rings is 1. The second-order valence-corrected chi connectivity index (χ2v) is 13.9. The lowest BCUT2D eigenvalue weighted by Crippen LogP contribution is -2.32. The SMILES string of the molecule is CCn1nc(C)cc1C(=O)Nc1nc2cc(C(N)=O)cc(CN3CCCOC3)c2n1C/C=C/Cn1c(NC(=O)c2c(N)c(C)nn2CC)nc2cc(C(N)=O)cnc21. The fourth-order valence-electron chi connectivity index (χ4n) is 7.04. The minimum absolute atomic E-state index is 0.147. The first-order valence-electron chi connectivity index (χ1n) is 18.8. The van der Waals surface area contributed by atoms with Crippen LogP contribution in [0.25, 0.3) is 22.2 Å². The van der Waals surface area contributed by atoms with Gasteiger partial charge in [-0.2, -0.15) is 10.2 Å². The van der Waals surface area contributed by atoms with Gasteiger partial charge >= 0.3 is 0 Å². The van der Waals surface area contributed by atoms with Crippen LogP contribution in [0.4, 0.5) is 17.6 Å². The van der Waals surface area contributed by atoms with Gasteiger partial charge in [-0.3, -0.25) is 48.6 Å². The molecular weight excluding hydrogens is 747 g/mol. The van der Waals surface area contributed by atoms with E-state index < -0.39 is 23.6 Å². The molecule has 1 fully saturated rings. The first-order valence-corrected chi connectivity index (χ1v) is 18.8. The van der Waals surface area contributed by atoms with E-state index in [0.29, 0.717) is 72.3 Å². The van der Waals surface area contributed by atoms with Crippen LogP contribution in [-0.2, 0) is 37.5 Å². The van der Waals surface area contributed by atoms with Gasteiger partial charge in [0.05, 0.1) is 40.4 Å². The maximum atomic E-state index is 13.7. The molecule has 20 nitrogen and oxygen atoms in total. The summed E-state index contributed by atoms with van der Waals surface area (Å²) in [4.78, 5) is 67.9. The van der Waals surface area contributed by atoms with Crippen LogP contribution in [0.1, 0.15) is 78.9 Å².